The lowest BCUT2D eigenvalue weighted by Crippen LogP contribution is -2.38. The lowest BCUT2D eigenvalue weighted by atomic mass is 9.78. The second-order valence-electron chi connectivity index (χ2n) is 6.99. The topological polar surface area (TPSA) is 38.1 Å². The molecule has 0 aliphatic heterocycles. The van der Waals surface area contributed by atoms with Crippen molar-refractivity contribution in [1.82, 2.24) is 14.7 Å². The largest absolute Gasteiger partial charge is 0.326 e. The lowest BCUT2D eigenvalue weighted by Gasteiger charge is -2.39. The van der Waals surface area contributed by atoms with E-state index in [4.69, 9.17) is 0 Å². The number of hydrogen-bond acceptors (Lipinski definition) is 2. The molecule has 2 aliphatic rings. The number of nitrogens with zero attached hydrogens (tertiary/aromatic N) is 3. The summed E-state index contributed by atoms with van der Waals surface area (Å²) in [6.07, 6.45) is 6.97. The molecular weight excluding hydrogens is 298 g/mol. The van der Waals surface area contributed by atoms with Crippen molar-refractivity contribution in [3.63, 3.8) is 0 Å². The Labute approximate surface area is 142 Å². The summed E-state index contributed by atoms with van der Waals surface area (Å²) in [5.41, 5.74) is 3.67. The number of hydrogen-bond donors (Lipinski definition) is 0. The first-order chi connectivity index (χ1) is 11.7. The Morgan fingerprint density at radius 1 is 1.33 bits per heavy atom. The minimum absolute atomic E-state index is 0.00851. The first kappa shape index (κ1) is 15.2. The predicted octanol–water partition coefficient (Wildman–Crippen LogP) is 3.57. The van der Waals surface area contributed by atoms with E-state index in [2.05, 4.69) is 35.9 Å². The van der Waals surface area contributed by atoms with Gasteiger partial charge in [-0.05, 0) is 54.4 Å². The van der Waals surface area contributed by atoms with Crippen molar-refractivity contribution in [3.05, 3.63) is 66.0 Å². The number of fused-ring (bicyclic) bond motifs is 4. The fourth-order valence-electron chi connectivity index (χ4n) is 4.57. The van der Waals surface area contributed by atoms with E-state index < -0.39 is 0 Å². The molecule has 3 atom stereocenters. The van der Waals surface area contributed by atoms with Gasteiger partial charge in [-0.1, -0.05) is 30.8 Å². The summed E-state index contributed by atoms with van der Waals surface area (Å²) in [5, 5.41) is 4.47. The Morgan fingerprint density at radius 3 is 2.83 bits per heavy atom. The number of aromatic nitrogens is 2. The molecule has 124 valence electrons. The van der Waals surface area contributed by atoms with Gasteiger partial charge in [0.25, 0.3) is 0 Å². The molecule has 4 rings (SSSR count). The molecular formula is C20H23N3O. The van der Waals surface area contributed by atoms with Crippen LogP contribution < -0.4 is 0 Å². The van der Waals surface area contributed by atoms with Crippen LogP contribution in [-0.2, 0) is 18.4 Å². The molecule has 1 aromatic carbocycles. The van der Waals surface area contributed by atoms with E-state index in [1.807, 2.05) is 24.2 Å². The average molecular weight is 321 g/mol. The molecule has 0 N–H and O–H groups in total. The summed E-state index contributed by atoms with van der Waals surface area (Å²) in [6.45, 7) is 4.26. The molecule has 2 bridgehead atoms. The van der Waals surface area contributed by atoms with E-state index in [9.17, 15) is 4.79 Å². The van der Waals surface area contributed by atoms with Crippen LogP contribution in [0.2, 0.25) is 0 Å². The normalized spacial score (nSPS) is 24.5. The maximum Gasteiger partial charge on any atom is 0.246 e. The third-order valence-corrected chi connectivity index (χ3v) is 5.57. The van der Waals surface area contributed by atoms with Crippen LogP contribution in [-0.4, -0.2) is 20.6 Å². The molecule has 24 heavy (non-hydrogen) atoms. The van der Waals surface area contributed by atoms with Crippen molar-refractivity contribution in [3.8, 4) is 0 Å². The molecule has 1 fully saturated rings. The van der Waals surface area contributed by atoms with Crippen molar-refractivity contribution in [2.75, 3.05) is 0 Å². The summed E-state index contributed by atoms with van der Waals surface area (Å²) in [5.74, 6) is 1.20. The van der Waals surface area contributed by atoms with E-state index in [1.54, 1.807) is 4.68 Å². The van der Waals surface area contributed by atoms with Gasteiger partial charge in [-0.2, -0.15) is 5.10 Å². The van der Waals surface area contributed by atoms with E-state index in [0.29, 0.717) is 18.4 Å². The highest BCUT2D eigenvalue weighted by molar-refractivity contribution is 5.87. The van der Waals surface area contributed by atoms with Crippen LogP contribution in [0.15, 0.2) is 49.2 Å². The van der Waals surface area contributed by atoms with Crippen molar-refractivity contribution in [2.24, 2.45) is 13.0 Å². The van der Waals surface area contributed by atoms with E-state index in [1.165, 1.54) is 36.5 Å². The molecule has 2 aliphatic carbocycles. The van der Waals surface area contributed by atoms with Gasteiger partial charge >= 0.3 is 0 Å². The molecule has 1 amide bonds. The molecule has 4 nitrogen and oxygen atoms in total. The Kier molecular flexibility index (Phi) is 3.75. The molecule has 3 unspecified atom stereocenters. The smallest absolute Gasteiger partial charge is 0.246 e. The van der Waals surface area contributed by atoms with E-state index in [-0.39, 0.29) is 11.9 Å². The summed E-state index contributed by atoms with van der Waals surface area (Å²) in [7, 11) is 1.90. The summed E-state index contributed by atoms with van der Waals surface area (Å²) < 4.78 is 1.78. The monoisotopic (exact) mass is 321 g/mol. The van der Waals surface area contributed by atoms with Crippen molar-refractivity contribution >= 4 is 5.91 Å². The predicted molar refractivity (Wildman–Crippen MR) is 93.2 cm³/mol. The number of benzene rings is 1. The summed E-state index contributed by atoms with van der Waals surface area (Å²) in [4.78, 5) is 14.7. The molecule has 2 aromatic rings. The third kappa shape index (κ3) is 2.46. The highest BCUT2D eigenvalue weighted by atomic mass is 16.2. The highest BCUT2D eigenvalue weighted by Crippen LogP contribution is 2.53. The second kappa shape index (κ2) is 5.93. The fourth-order valence-corrected chi connectivity index (χ4v) is 4.57. The zero-order chi connectivity index (χ0) is 16.7. The van der Waals surface area contributed by atoms with Crippen LogP contribution in [0.3, 0.4) is 0 Å². The Hall–Kier alpha value is -2.36. The maximum atomic E-state index is 12.7. The van der Waals surface area contributed by atoms with Crippen LogP contribution in [0, 0.1) is 5.92 Å². The number of amides is 1. The second-order valence-corrected chi connectivity index (χ2v) is 6.99. The van der Waals surface area contributed by atoms with Gasteiger partial charge in [0.2, 0.25) is 5.91 Å². The quantitative estimate of drug-likeness (QED) is 0.807. The fraction of sp³-hybridized carbons (Fsp3) is 0.400. The van der Waals surface area contributed by atoms with Crippen molar-refractivity contribution < 1.29 is 4.79 Å². The van der Waals surface area contributed by atoms with Gasteiger partial charge in [-0.3, -0.25) is 9.48 Å². The maximum absolute atomic E-state index is 12.7. The first-order valence-corrected chi connectivity index (χ1v) is 8.67. The first-order valence-electron chi connectivity index (χ1n) is 8.67. The van der Waals surface area contributed by atoms with Crippen LogP contribution >= 0.6 is 0 Å². The number of aryl methyl sites for hydroxylation is 1. The van der Waals surface area contributed by atoms with Gasteiger partial charge in [-0.25, -0.2) is 0 Å². The molecule has 4 heteroatoms. The van der Waals surface area contributed by atoms with Gasteiger partial charge in [0.15, 0.2) is 0 Å². The molecule has 0 saturated heterocycles. The van der Waals surface area contributed by atoms with Gasteiger partial charge in [0.05, 0.1) is 18.3 Å². The van der Waals surface area contributed by atoms with E-state index in [0.717, 1.165) is 5.69 Å². The summed E-state index contributed by atoms with van der Waals surface area (Å²) in [6, 6.07) is 10.8. The van der Waals surface area contributed by atoms with Crippen LogP contribution in [0.5, 0.6) is 0 Å². The highest BCUT2D eigenvalue weighted by Gasteiger charge is 2.43. The van der Waals surface area contributed by atoms with Crippen molar-refractivity contribution in [1.29, 1.82) is 0 Å². The van der Waals surface area contributed by atoms with Crippen LogP contribution in [0.1, 0.15) is 48.0 Å². The van der Waals surface area contributed by atoms with Gasteiger partial charge < -0.3 is 4.90 Å². The number of rotatable bonds is 4. The Morgan fingerprint density at radius 2 is 2.12 bits per heavy atom. The SMILES string of the molecule is C=CC(=O)N(Cc1ccn(C)n1)C1c2ccccc2C2CCC1C2. The van der Waals surface area contributed by atoms with Crippen LogP contribution in [0.25, 0.3) is 0 Å². The number of carbonyl (C=O) groups excluding carboxylic acids is 1. The lowest BCUT2D eigenvalue weighted by molar-refractivity contribution is -0.130. The Bertz CT molecular complexity index is 779. The van der Waals surface area contributed by atoms with Gasteiger partial charge in [-0.15, -0.1) is 0 Å². The zero-order valence-corrected chi connectivity index (χ0v) is 14.1. The molecule has 0 spiro atoms. The minimum Gasteiger partial charge on any atom is -0.326 e. The number of carbonyl (C=O) groups is 1. The molecule has 1 heterocycles. The van der Waals surface area contributed by atoms with Crippen LogP contribution in [0.4, 0.5) is 0 Å². The average Bonchev–Trinajstić information content (AvgIpc) is 3.21. The van der Waals surface area contributed by atoms with E-state index >= 15 is 0 Å². The zero-order valence-electron chi connectivity index (χ0n) is 14.1. The molecule has 1 aromatic heterocycles. The van der Waals surface area contributed by atoms with Crippen molar-refractivity contribution in [2.45, 2.75) is 37.8 Å². The van der Waals surface area contributed by atoms with Gasteiger partial charge in [0, 0.05) is 13.2 Å². The van der Waals surface area contributed by atoms with Gasteiger partial charge in [0.1, 0.15) is 0 Å². The Balaban J connectivity index is 1.74. The minimum atomic E-state index is -0.00851. The standard InChI is InChI=1S/C20H23N3O/c1-3-19(24)23(13-16-10-11-22(2)21-16)20-15-9-8-14(12-15)17-6-4-5-7-18(17)20/h3-7,10-11,14-15,20H,1,8-9,12-13H2,2H3. The molecule has 0 radical (unpaired) electrons. The molecule has 1 saturated carbocycles. The third-order valence-electron chi connectivity index (χ3n) is 5.57. The summed E-state index contributed by atoms with van der Waals surface area (Å²) >= 11 is 0.